The summed E-state index contributed by atoms with van der Waals surface area (Å²) in [4.78, 5) is 4.73. The molecule has 0 saturated carbocycles. The van der Waals surface area contributed by atoms with E-state index in [1.54, 1.807) is 6.20 Å². The molecule has 4 heteroatoms. The largest absolute Gasteiger partial charge is 0.393 e. The summed E-state index contributed by atoms with van der Waals surface area (Å²) in [5.74, 6) is 0.126. The van der Waals surface area contributed by atoms with Gasteiger partial charge in [-0.05, 0) is 18.6 Å². The summed E-state index contributed by atoms with van der Waals surface area (Å²) in [7, 11) is 0. The Hall–Kier alpha value is -0.670. The molecule has 0 amide bonds. The van der Waals surface area contributed by atoms with Crippen molar-refractivity contribution in [2.75, 3.05) is 0 Å². The lowest BCUT2D eigenvalue weighted by Gasteiger charge is -2.11. The molecule has 0 saturated heterocycles. The maximum atomic E-state index is 5.57. The molecule has 0 aliphatic rings. The van der Waals surface area contributed by atoms with Gasteiger partial charge in [-0.25, -0.2) is 0 Å². The zero-order valence-corrected chi connectivity index (χ0v) is 9.07. The van der Waals surface area contributed by atoms with Gasteiger partial charge in [-0.15, -0.1) is 12.4 Å². The molecule has 0 aliphatic carbocycles. The second kappa shape index (κ2) is 5.89. The number of hydrogen-bond donors (Lipinski definition) is 1. The van der Waals surface area contributed by atoms with Crippen LogP contribution in [0.5, 0.6) is 0 Å². The predicted octanol–water partition coefficient (Wildman–Crippen LogP) is 2.28. The number of aromatic nitrogens is 1. The minimum atomic E-state index is 0. The zero-order valence-electron chi connectivity index (χ0n) is 7.43. The first-order valence-corrected chi connectivity index (χ1v) is 4.36. The summed E-state index contributed by atoms with van der Waals surface area (Å²) in [5, 5.41) is 0. The van der Waals surface area contributed by atoms with E-state index in [2.05, 4.69) is 11.9 Å². The number of halogens is 1. The van der Waals surface area contributed by atoms with Crippen molar-refractivity contribution in [2.45, 2.75) is 19.3 Å². The molecule has 72 valence electrons. The molecule has 0 fully saturated rings. The Balaban J connectivity index is 0.00000144. The first kappa shape index (κ1) is 12.3. The van der Waals surface area contributed by atoms with Gasteiger partial charge in [-0.1, -0.05) is 25.2 Å². The number of nitrogens with zero attached hydrogens (tertiary/aromatic N) is 1. The van der Waals surface area contributed by atoms with Crippen LogP contribution in [0.15, 0.2) is 24.4 Å². The smallest absolute Gasteiger partial charge is 0.0819 e. The number of pyridine rings is 1. The van der Waals surface area contributed by atoms with Crippen molar-refractivity contribution in [3.05, 3.63) is 30.1 Å². The maximum Gasteiger partial charge on any atom is 0.0819 e. The first-order chi connectivity index (χ1) is 5.75. The van der Waals surface area contributed by atoms with Gasteiger partial charge in [-0.2, -0.15) is 0 Å². The van der Waals surface area contributed by atoms with Gasteiger partial charge in [0.15, 0.2) is 0 Å². The molecule has 0 bridgehead atoms. The monoisotopic (exact) mass is 216 g/mol. The second-order valence-electron chi connectivity index (χ2n) is 2.62. The van der Waals surface area contributed by atoms with E-state index in [0.29, 0.717) is 4.99 Å². The standard InChI is InChI=1S/C9H12N2S.ClH/c1-2-7(9(10)12)8-5-3-4-6-11-8;/h3-7H,2H2,1H3,(H2,10,12);1H. The third kappa shape index (κ3) is 3.28. The van der Waals surface area contributed by atoms with Gasteiger partial charge in [0.25, 0.3) is 0 Å². The van der Waals surface area contributed by atoms with E-state index in [1.165, 1.54) is 0 Å². The number of thiocarbonyl (C=S) groups is 1. The Morgan fingerprint density at radius 2 is 2.31 bits per heavy atom. The van der Waals surface area contributed by atoms with E-state index < -0.39 is 0 Å². The van der Waals surface area contributed by atoms with Crippen molar-refractivity contribution in [1.82, 2.24) is 4.98 Å². The van der Waals surface area contributed by atoms with E-state index >= 15 is 0 Å². The minimum absolute atomic E-state index is 0. The summed E-state index contributed by atoms with van der Waals surface area (Å²) in [5.41, 5.74) is 6.54. The van der Waals surface area contributed by atoms with Crippen molar-refractivity contribution in [2.24, 2.45) is 5.73 Å². The van der Waals surface area contributed by atoms with Crippen LogP contribution in [-0.2, 0) is 0 Å². The van der Waals surface area contributed by atoms with Crippen molar-refractivity contribution in [3.63, 3.8) is 0 Å². The normalized spacial score (nSPS) is 11.5. The molecule has 0 spiro atoms. The summed E-state index contributed by atoms with van der Waals surface area (Å²) in [6, 6.07) is 5.78. The van der Waals surface area contributed by atoms with Crippen LogP contribution >= 0.6 is 24.6 Å². The Morgan fingerprint density at radius 3 is 2.69 bits per heavy atom. The average Bonchev–Trinajstić information content (AvgIpc) is 2.07. The minimum Gasteiger partial charge on any atom is -0.393 e. The molecule has 0 aliphatic heterocycles. The molecule has 1 aromatic rings. The second-order valence-corrected chi connectivity index (χ2v) is 3.09. The average molecular weight is 217 g/mol. The van der Waals surface area contributed by atoms with E-state index in [9.17, 15) is 0 Å². The van der Waals surface area contributed by atoms with Crippen LogP contribution in [0.1, 0.15) is 25.0 Å². The third-order valence-electron chi connectivity index (χ3n) is 1.80. The first-order valence-electron chi connectivity index (χ1n) is 3.96. The van der Waals surface area contributed by atoms with E-state index in [0.717, 1.165) is 12.1 Å². The summed E-state index contributed by atoms with van der Waals surface area (Å²) in [6.07, 6.45) is 2.67. The molecule has 1 unspecified atom stereocenters. The molecule has 1 rings (SSSR count). The van der Waals surface area contributed by atoms with E-state index in [-0.39, 0.29) is 18.3 Å². The topological polar surface area (TPSA) is 38.9 Å². The molecule has 2 N–H and O–H groups in total. The SMILES string of the molecule is CCC(C(N)=S)c1ccccn1.Cl. The Kier molecular flexibility index (Phi) is 5.58. The fourth-order valence-electron chi connectivity index (χ4n) is 1.14. The van der Waals surface area contributed by atoms with Gasteiger partial charge < -0.3 is 5.73 Å². The molecular formula is C9H13ClN2S. The van der Waals surface area contributed by atoms with Crippen LogP contribution in [0.3, 0.4) is 0 Å². The van der Waals surface area contributed by atoms with Crippen molar-refractivity contribution in [1.29, 1.82) is 0 Å². The van der Waals surface area contributed by atoms with Gasteiger partial charge in [0.05, 0.1) is 16.6 Å². The zero-order chi connectivity index (χ0) is 8.97. The molecule has 1 atom stereocenters. The fraction of sp³-hybridized carbons (Fsp3) is 0.333. The van der Waals surface area contributed by atoms with Crippen LogP contribution in [-0.4, -0.2) is 9.97 Å². The van der Waals surface area contributed by atoms with Gasteiger partial charge in [0.1, 0.15) is 0 Å². The van der Waals surface area contributed by atoms with Gasteiger partial charge in [-0.3, -0.25) is 4.98 Å². The molecule has 1 aromatic heterocycles. The quantitative estimate of drug-likeness (QED) is 0.788. The molecule has 13 heavy (non-hydrogen) atoms. The third-order valence-corrected chi connectivity index (χ3v) is 2.08. The van der Waals surface area contributed by atoms with Gasteiger partial charge >= 0.3 is 0 Å². The molecule has 0 radical (unpaired) electrons. The van der Waals surface area contributed by atoms with Gasteiger partial charge in [0.2, 0.25) is 0 Å². The lowest BCUT2D eigenvalue weighted by molar-refractivity contribution is 0.815. The van der Waals surface area contributed by atoms with E-state index in [1.807, 2.05) is 18.2 Å². The summed E-state index contributed by atoms with van der Waals surface area (Å²) >= 11 is 4.94. The van der Waals surface area contributed by atoms with E-state index in [4.69, 9.17) is 18.0 Å². The summed E-state index contributed by atoms with van der Waals surface area (Å²) in [6.45, 7) is 2.05. The Labute approximate surface area is 90.0 Å². The van der Waals surface area contributed by atoms with Crippen LogP contribution in [0.4, 0.5) is 0 Å². The summed E-state index contributed by atoms with van der Waals surface area (Å²) < 4.78 is 0. The van der Waals surface area contributed by atoms with Crippen molar-refractivity contribution < 1.29 is 0 Å². The highest BCUT2D eigenvalue weighted by atomic mass is 35.5. The number of rotatable bonds is 3. The highest BCUT2D eigenvalue weighted by molar-refractivity contribution is 7.80. The van der Waals surface area contributed by atoms with Crippen LogP contribution in [0.25, 0.3) is 0 Å². The highest BCUT2D eigenvalue weighted by Gasteiger charge is 2.12. The molecule has 2 nitrogen and oxygen atoms in total. The number of nitrogens with two attached hydrogens (primary N) is 1. The van der Waals surface area contributed by atoms with Crippen LogP contribution < -0.4 is 5.73 Å². The number of hydrogen-bond acceptors (Lipinski definition) is 2. The lowest BCUT2D eigenvalue weighted by atomic mass is 10.0. The molecule has 1 heterocycles. The van der Waals surface area contributed by atoms with Crippen molar-refractivity contribution in [3.8, 4) is 0 Å². The van der Waals surface area contributed by atoms with Crippen LogP contribution in [0.2, 0.25) is 0 Å². The molecular weight excluding hydrogens is 204 g/mol. The Morgan fingerprint density at radius 1 is 1.62 bits per heavy atom. The predicted molar refractivity (Wildman–Crippen MR) is 61.3 cm³/mol. The Bertz CT molecular complexity index is 264. The van der Waals surface area contributed by atoms with Crippen LogP contribution in [0, 0.1) is 0 Å². The van der Waals surface area contributed by atoms with Crippen molar-refractivity contribution >= 4 is 29.6 Å². The van der Waals surface area contributed by atoms with Gasteiger partial charge in [0, 0.05) is 6.20 Å². The lowest BCUT2D eigenvalue weighted by Crippen LogP contribution is -2.19. The highest BCUT2D eigenvalue weighted by Crippen LogP contribution is 2.16. The molecule has 0 aromatic carbocycles. The fourth-order valence-corrected chi connectivity index (χ4v) is 1.43. The maximum absolute atomic E-state index is 5.57.